The highest BCUT2D eigenvalue weighted by Gasteiger charge is 2.32. The first kappa shape index (κ1) is 14.3. The van der Waals surface area contributed by atoms with Gasteiger partial charge in [0.25, 0.3) is 0 Å². The molecule has 0 spiro atoms. The molecule has 4 N–H and O–H groups in total. The van der Waals surface area contributed by atoms with Crippen LogP contribution in [0.15, 0.2) is 24.3 Å². The van der Waals surface area contributed by atoms with E-state index in [-0.39, 0.29) is 6.03 Å². The van der Waals surface area contributed by atoms with Gasteiger partial charge in [0, 0.05) is 18.8 Å². The summed E-state index contributed by atoms with van der Waals surface area (Å²) in [6.07, 6.45) is 1.15. The topological polar surface area (TPSA) is 95.7 Å². The zero-order valence-corrected chi connectivity index (χ0v) is 11.2. The Bertz CT molecular complexity index is 504. The van der Waals surface area contributed by atoms with Crippen molar-refractivity contribution in [2.24, 2.45) is 5.73 Å². The van der Waals surface area contributed by atoms with Crippen molar-refractivity contribution in [2.45, 2.75) is 18.8 Å². The molecule has 1 unspecified atom stereocenters. The lowest BCUT2D eigenvalue weighted by atomic mass is 9.90. The third-order valence-electron chi connectivity index (χ3n) is 3.44. The van der Waals surface area contributed by atoms with Crippen LogP contribution >= 0.6 is 0 Å². The number of carboxylic acid groups (broad SMARTS) is 1. The van der Waals surface area contributed by atoms with Gasteiger partial charge in [-0.1, -0.05) is 18.2 Å². The number of hydrogen-bond donors (Lipinski definition) is 3. The Morgan fingerprint density at radius 1 is 1.40 bits per heavy atom. The average molecular weight is 277 g/mol. The summed E-state index contributed by atoms with van der Waals surface area (Å²) in [5, 5.41) is 12.0. The second-order valence-corrected chi connectivity index (χ2v) is 4.76. The normalized spacial score (nSPS) is 17.4. The van der Waals surface area contributed by atoms with Crippen LogP contribution in [-0.4, -0.2) is 36.7 Å². The van der Waals surface area contributed by atoms with Gasteiger partial charge in [0.05, 0.1) is 5.92 Å². The maximum absolute atomic E-state index is 12.1. The summed E-state index contributed by atoms with van der Waals surface area (Å²) in [5.74, 6) is -1.39. The number of anilines is 1. The van der Waals surface area contributed by atoms with Crippen molar-refractivity contribution in [3.63, 3.8) is 0 Å². The number of urea groups is 1. The number of nitrogens with zero attached hydrogens (tertiary/aromatic N) is 1. The summed E-state index contributed by atoms with van der Waals surface area (Å²) >= 11 is 0. The van der Waals surface area contributed by atoms with E-state index in [1.54, 1.807) is 23.1 Å². The van der Waals surface area contributed by atoms with E-state index >= 15 is 0 Å². The van der Waals surface area contributed by atoms with Crippen LogP contribution in [0.3, 0.4) is 0 Å². The highest BCUT2D eigenvalue weighted by molar-refractivity contribution is 5.95. The van der Waals surface area contributed by atoms with Gasteiger partial charge in [0.1, 0.15) is 0 Å². The molecule has 0 bridgehead atoms. The molecule has 1 aromatic carbocycles. The molecular formula is C14H19N3O3. The quantitative estimate of drug-likeness (QED) is 0.719. The number of nitrogens with one attached hydrogen (secondary N) is 1. The number of rotatable bonds is 4. The van der Waals surface area contributed by atoms with Gasteiger partial charge in [0.15, 0.2) is 0 Å². The maximum atomic E-state index is 12.1. The van der Waals surface area contributed by atoms with Crippen LogP contribution in [0.5, 0.6) is 0 Å². The second kappa shape index (κ2) is 6.38. The molecule has 0 radical (unpaired) electrons. The van der Waals surface area contributed by atoms with Crippen molar-refractivity contribution in [2.75, 3.05) is 24.5 Å². The van der Waals surface area contributed by atoms with E-state index in [9.17, 15) is 14.7 Å². The molecule has 0 fully saturated rings. The predicted molar refractivity (Wildman–Crippen MR) is 75.9 cm³/mol. The van der Waals surface area contributed by atoms with Crippen molar-refractivity contribution >= 4 is 17.7 Å². The number of hydrogen-bond acceptors (Lipinski definition) is 3. The average Bonchev–Trinajstić information content (AvgIpc) is 2.46. The first-order valence-corrected chi connectivity index (χ1v) is 6.72. The Balaban J connectivity index is 2.18. The van der Waals surface area contributed by atoms with Crippen molar-refractivity contribution in [1.29, 1.82) is 0 Å². The number of para-hydroxylation sites is 1. The van der Waals surface area contributed by atoms with E-state index in [1.807, 2.05) is 6.07 Å². The number of amides is 2. The molecule has 6 heteroatoms. The van der Waals surface area contributed by atoms with Crippen LogP contribution in [0.1, 0.15) is 24.3 Å². The van der Waals surface area contributed by atoms with E-state index in [0.717, 1.165) is 6.42 Å². The first-order chi connectivity index (χ1) is 9.65. The van der Waals surface area contributed by atoms with Crippen LogP contribution in [0.2, 0.25) is 0 Å². The van der Waals surface area contributed by atoms with Crippen LogP contribution in [0.4, 0.5) is 10.5 Å². The van der Waals surface area contributed by atoms with Gasteiger partial charge in [-0.2, -0.15) is 0 Å². The van der Waals surface area contributed by atoms with Gasteiger partial charge in [-0.05, 0) is 31.0 Å². The summed E-state index contributed by atoms with van der Waals surface area (Å²) in [4.78, 5) is 25.0. The molecule has 1 aromatic rings. The minimum absolute atomic E-state index is 0.199. The number of fused-ring (bicyclic) bond motifs is 1. The Morgan fingerprint density at radius 3 is 2.85 bits per heavy atom. The number of aliphatic carboxylic acids is 1. The SMILES string of the molecule is NCCCNC(=O)N1CCC(C(=O)O)c2ccccc21. The highest BCUT2D eigenvalue weighted by atomic mass is 16.4. The van der Waals surface area contributed by atoms with Crippen LogP contribution in [-0.2, 0) is 4.79 Å². The molecule has 6 nitrogen and oxygen atoms in total. The van der Waals surface area contributed by atoms with Gasteiger partial charge < -0.3 is 16.2 Å². The standard InChI is InChI=1S/C14H19N3O3/c15-7-3-8-16-14(20)17-9-6-11(13(18)19)10-4-1-2-5-12(10)17/h1-2,4-5,11H,3,6-9,15H2,(H,16,20)(H,18,19). The Morgan fingerprint density at radius 2 is 2.15 bits per heavy atom. The smallest absolute Gasteiger partial charge is 0.321 e. The summed E-state index contributed by atoms with van der Waals surface area (Å²) in [6, 6.07) is 6.96. The molecule has 2 rings (SSSR count). The van der Waals surface area contributed by atoms with E-state index in [1.165, 1.54) is 0 Å². The molecule has 1 heterocycles. The van der Waals surface area contributed by atoms with Crippen molar-refractivity contribution in [3.8, 4) is 0 Å². The lowest BCUT2D eigenvalue weighted by molar-refractivity contribution is -0.139. The Kier molecular flexibility index (Phi) is 4.57. The molecule has 0 aromatic heterocycles. The lowest BCUT2D eigenvalue weighted by Crippen LogP contribution is -2.44. The Hall–Kier alpha value is -2.08. The fourth-order valence-electron chi connectivity index (χ4n) is 2.42. The van der Waals surface area contributed by atoms with E-state index in [2.05, 4.69) is 5.32 Å². The van der Waals surface area contributed by atoms with Crippen molar-refractivity contribution in [1.82, 2.24) is 5.32 Å². The third kappa shape index (κ3) is 2.91. The van der Waals surface area contributed by atoms with E-state index in [4.69, 9.17) is 5.73 Å². The van der Waals surface area contributed by atoms with Crippen LogP contribution in [0, 0.1) is 0 Å². The summed E-state index contributed by atoms with van der Waals surface area (Å²) in [5.41, 5.74) is 6.76. The largest absolute Gasteiger partial charge is 0.481 e. The Labute approximate surface area is 117 Å². The highest BCUT2D eigenvalue weighted by Crippen LogP contribution is 2.35. The van der Waals surface area contributed by atoms with Crippen LogP contribution < -0.4 is 16.0 Å². The zero-order valence-electron chi connectivity index (χ0n) is 11.2. The predicted octanol–water partition coefficient (Wildman–Crippen LogP) is 1.12. The van der Waals surface area contributed by atoms with Gasteiger partial charge in [-0.25, -0.2) is 4.79 Å². The fraction of sp³-hybridized carbons (Fsp3) is 0.429. The summed E-state index contributed by atoms with van der Waals surface area (Å²) in [6.45, 7) is 1.46. The lowest BCUT2D eigenvalue weighted by Gasteiger charge is -2.32. The van der Waals surface area contributed by atoms with Crippen LogP contribution in [0.25, 0.3) is 0 Å². The molecule has 0 saturated heterocycles. The minimum atomic E-state index is -0.847. The van der Waals surface area contributed by atoms with Gasteiger partial charge in [-0.3, -0.25) is 9.69 Å². The number of benzene rings is 1. The zero-order chi connectivity index (χ0) is 14.5. The molecule has 2 amide bonds. The molecule has 0 saturated carbocycles. The van der Waals surface area contributed by atoms with E-state index < -0.39 is 11.9 Å². The maximum Gasteiger partial charge on any atom is 0.321 e. The van der Waals surface area contributed by atoms with E-state index in [0.29, 0.717) is 37.3 Å². The molecule has 20 heavy (non-hydrogen) atoms. The number of carbonyl (C=O) groups excluding carboxylic acids is 1. The first-order valence-electron chi connectivity index (χ1n) is 6.72. The van der Waals surface area contributed by atoms with Gasteiger partial charge in [-0.15, -0.1) is 0 Å². The van der Waals surface area contributed by atoms with Crippen molar-refractivity contribution in [3.05, 3.63) is 29.8 Å². The number of carbonyl (C=O) groups is 2. The third-order valence-corrected chi connectivity index (χ3v) is 3.44. The van der Waals surface area contributed by atoms with Gasteiger partial charge in [0.2, 0.25) is 0 Å². The minimum Gasteiger partial charge on any atom is -0.481 e. The number of carboxylic acids is 1. The molecule has 0 aliphatic carbocycles. The fourth-order valence-corrected chi connectivity index (χ4v) is 2.42. The monoisotopic (exact) mass is 277 g/mol. The molecule has 1 aliphatic rings. The molecule has 1 atom stereocenters. The number of nitrogens with two attached hydrogens (primary N) is 1. The molecular weight excluding hydrogens is 258 g/mol. The molecule has 108 valence electrons. The second-order valence-electron chi connectivity index (χ2n) is 4.76. The summed E-state index contributed by atoms with van der Waals surface area (Å²) in [7, 11) is 0. The van der Waals surface area contributed by atoms with Gasteiger partial charge >= 0.3 is 12.0 Å². The van der Waals surface area contributed by atoms with Crippen molar-refractivity contribution < 1.29 is 14.7 Å². The molecule has 1 aliphatic heterocycles. The summed E-state index contributed by atoms with van der Waals surface area (Å²) < 4.78 is 0.